The number of anilines is 2. The Kier molecular flexibility index (Phi) is 5.10. The molecule has 3 aromatic carbocycles. The monoisotopic (exact) mass is 442 g/mol. The minimum absolute atomic E-state index is 0.256. The summed E-state index contributed by atoms with van der Waals surface area (Å²) < 4.78 is 20.6. The lowest BCUT2D eigenvalue weighted by Crippen LogP contribution is -2.34. The first-order valence-corrected chi connectivity index (χ1v) is 10.3. The van der Waals surface area contributed by atoms with E-state index in [-0.39, 0.29) is 11.7 Å². The molecule has 0 spiro atoms. The maximum atomic E-state index is 13.5. The molecule has 33 heavy (non-hydrogen) atoms. The fourth-order valence-electron chi connectivity index (χ4n) is 3.56. The molecule has 0 saturated carbocycles. The molecule has 5 rings (SSSR count). The van der Waals surface area contributed by atoms with E-state index < -0.39 is 12.0 Å². The third kappa shape index (κ3) is 4.06. The van der Waals surface area contributed by atoms with Crippen LogP contribution < -0.4 is 15.4 Å². The highest BCUT2D eigenvalue weighted by Crippen LogP contribution is 2.33. The van der Waals surface area contributed by atoms with Gasteiger partial charge in [-0.25, -0.2) is 9.07 Å². The average molecular weight is 442 g/mol. The first-order chi connectivity index (χ1) is 16.0. The molecule has 1 aliphatic rings. The van der Waals surface area contributed by atoms with Crippen LogP contribution in [-0.4, -0.2) is 27.7 Å². The Morgan fingerprint density at radius 1 is 1.09 bits per heavy atom. The van der Waals surface area contributed by atoms with Crippen LogP contribution in [0.4, 0.5) is 15.8 Å². The summed E-state index contributed by atoms with van der Waals surface area (Å²) in [7, 11) is 0. The average Bonchev–Trinajstić information content (AvgIpc) is 3.27. The summed E-state index contributed by atoms with van der Waals surface area (Å²) in [5, 5.41) is 10.2. The van der Waals surface area contributed by atoms with Crippen LogP contribution in [-0.2, 0) is 4.79 Å². The smallest absolute Gasteiger partial charge is 0.265 e. The van der Waals surface area contributed by atoms with Gasteiger partial charge < -0.3 is 15.4 Å². The van der Waals surface area contributed by atoms with E-state index in [4.69, 9.17) is 4.74 Å². The fourth-order valence-corrected chi connectivity index (χ4v) is 3.56. The zero-order valence-corrected chi connectivity index (χ0v) is 17.6. The molecule has 0 radical (unpaired) electrons. The maximum absolute atomic E-state index is 13.5. The summed E-state index contributed by atoms with van der Waals surface area (Å²) in [5.41, 5.74) is 3.08. The molecule has 8 heteroatoms. The van der Waals surface area contributed by atoms with Gasteiger partial charge in [0, 0.05) is 17.4 Å². The number of carbonyl (C=O) groups excluding carboxylic acids is 2. The van der Waals surface area contributed by atoms with Crippen LogP contribution in [0.1, 0.15) is 17.3 Å². The molecule has 0 saturated heterocycles. The lowest BCUT2D eigenvalue weighted by atomic mass is 10.1. The van der Waals surface area contributed by atoms with Gasteiger partial charge in [-0.05, 0) is 61.5 Å². The number of nitrogens with zero attached hydrogens (tertiary/aromatic N) is 2. The van der Waals surface area contributed by atoms with Crippen LogP contribution in [0.15, 0.2) is 79.0 Å². The number of benzene rings is 3. The highest BCUT2D eigenvalue weighted by atomic mass is 19.1. The van der Waals surface area contributed by atoms with Crippen LogP contribution in [0.25, 0.3) is 16.9 Å². The Morgan fingerprint density at radius 2 is 1.85 bits per heavy atom. The van der Waals surface area contributed by atoms with Crippen LogP contribution >= 0.6 is 0 Å². The molecule has 2 amide bonds. The number of para-hydroxylation sites is 1. The molecule has 0 fully saturated rings. The molecule has 1 atom stereocenters. The molecular weight excluding hydrogens is 423 g/mol. The number of nitrogens with one attached hydrogen (secondary N) is 2. The van der Waals surface area contributed by atoms with Crippen molar-refractivity contribution >= 4 is 23.2 Å². The highest BCUT2D eigenvalue weighted by Gasteiger charge is 2.24. The van der Waals surface area contributed by atoms with Crippen molar-refractivity contribution in [1.82, 2.24) is 9.78 Å². The molecule has 164 valence electrons. The van der Waals surface area contributed by atoms with Gasteiger partial charge in [0.05, 0.1) is 16.9 Å². The molecule has 1 aliphatic heterocycles. The maximum Gasteiger partial charge on any atom is 0.265 e. The molecular formula is C25H19FN4O3. The van der Waals surface area contributed by atoms with Crippen molar-refractivity contribution < 1.29 is 18.7 Å². The van der Waals surface area contributed by atoms with Gasteiger partial charge >= 0.3 is 0 Å². The second-order valence-electron chi connectivity index (χ2n) is 7.59. The minimum atomic E-state index is -0.583. The Hall–Kier alpha value is -4.46. The lowest BCUT2D eigenvalue weighted by Gasteiger charge is -2.23. The predicted molar refractivity (Wildman–Crippen MR) is 122 cm³/mol. The number of rotatable bonds is 4. The van der Waals surface area contributed by atoms with Crippen LogP contribution in [0.3, 0.4) is 0 Å². The van der Waals surface area contributed by atoms with Gasteiger partial charge in [0.25, 0.3) is 11.8 Å². The Bertz CT molecular complexity index is 1350. The number of aromatic nitrogens is 2. The first-order valence-electron chi connectivity index (χ1n) is 10.3. The summed E-state index contributed by atoms with van der Waals surface area (Å²) in [6.07, 6.45) is 1.05. The molecule has 0 aliphatic carbocycles. The van der Waals surface area contributed by atoms with Gasteiger partial charge in [0.15, 0.2) is 6.10 Å². The van der Waals surface area contributed by atoms with Crippen molar-refractivity contribution in [2.75, 3.05) is 10.6 Å². The van der Waals surface area contributed by atoms with Gasteiger partial charge in [0.1, 0.15) is 17.3 Å². The number of hydrogen-bond donors (Lipinski definition) is 2. The molecule has 7 nitrogen and oxygen atoms in total. The number of fused-ring (bicyclic) bond motifs is 1. The Balaban J connectivity index is 1.49. The third-order valence-corrected chi connectivity index (χ3v) is 5.27. The van der Waals surface area contributed by atoms with Gasteiger partial charge in [0.2, 0.25) is 0 Å². The minimum Gasteiger partial charge on any atom is -0.479 e. The predicted octanol–water partition coefficient (Wildman–Crippen LogP) is 4.65. The Labute approximate surface area is 188 Å². The fraction of sp³-hybridized carbons (Fsp3) is 0.0800. The molecule has 0 bridgehead atoms. The van der Waals surface area contributed by atoms with Gasteiger partial charge in [-0.2, -0.15) is 5.10 Å². The molecule has 2 N–H and O–H groups in total. The largest absolute Gasteiger partial charge is 0.479 e. The summed E-state index contributed by atoms with van der Waals surface area (Å²) in [6.45, 7) is 1.66. The zero-order valence-electron chi connectivity index (χ0n) is 17.6. The normalized spacial score (nSPS) is 14.7. The Morgan fingerprint density at radius 3 is 2.61 bits per heavy atom. The summed E-state index contributed by atoms with van der Waals surface area (Å²) >= 11 is 0. The van der Waals surface area contributed by atoms with Crippen LogP contribution in [0.2, 0.25) is 0 Å². The van der Waals surface area contributed by atoms with Gasteiger partial charge in [-0.1, -0.05) is 18.2 Å². The second kappa shape index (κ2) is 8.23. The summed E-state index contributed by atoms with van der Waals surface area (Å²) in [5.74, 6) is -0.495. The van der Waals surface area contributed by atoms with E-state index >= 15 is 0 Å². The number of halogens is 1. The lowest BCUT2D eigenvalue weighted by molar-refractivity contribution is -0.122. The quantitative estimate of drug-likeness (QED) is 0.482. The van der Waals surface area contributed by atoms with Gasteiger partial charge in [-0.3, -0.25) is 9.59 Å². The summed E-state index contributed by atoms with van der Waals surface area (Å²) in [4.78, 5) is 25.2. The molecule has 2 heterocycles. The summed E-state index contributed by atoms with van der Waals surface area (Å²) in [6, 6.07) is 20.2. The van der Waals surface area contributed by atoms with Crippen molar-refractivity contribution in [1.29, 1.82) is 0 Å². The standard InChI is InChI=1S/C25H19FN4O3/c1-15-24(31)28-21-13-18(11-12-22(21)33-15)27-25(32)20-14-30(19-5-3-2-4-6-19)29-23(20)16-7-9-17(26)10-8-16/h2-15H,1H3,(H,27,32)(H,28,31). The van der Waals surface area contributed by atoms with E-state index in [0.717, 1.165) is 5.69 Å². The van der Waals surface area contributed by atoms with E-state index in [1.54, 1.807) is 48.1 Å². The van der Waals surface area contributed by atoms with E-state index in [1.807, 2.05) is 30.3 Å². The number of carbonyl (C=O) groups is 2. The van der Waals surface area contributed by atoms with E-state index in [2.05, 4.69) is 15.7 Å². The van der Waals surface area contributed by atoms with E-state index in [1.165, 1.54) is 12.1 Å². The number of hydrogen-bond acceptors (Lipinski definition) is 4. The second-order valence-corrected chi connectivity index (χ2v) is 7.59. The SMILES string of the molecule is CC1Oc2ccc(NC(=O)c3cn(-c4ccccc4)nc3-c3ccc(F)cc3)cc2NC1=O. The zero-order chi connectivity index (χ0) is 22.9. The van der Waals surface area contributed by atoms with Crippen molar-refractivity contribution in [2.45, 2.75) is 13.0 Å². The van der Waals surface area contributed by atoms with Crippen molar-refractivity contribution in [3.05, 3.63) is 90.4 Å². The molecule has 4 aromatic rings. The molecule has 1 aromatic heterocycles. The van der Waals surface area contributed by atoms with Crippen molar-refractivity contribution in [3.63, 3.8) is 0 Å². The van der Waals surface area contributed by atoms with Crippen molar-refractivity contribution in [2.24, 2.45) is 0 Å². The van der Waals surface area contributed by atoms with Gasteiger partial charge in [-0.15, -0.1) is 0 Å². The van der Waals surface area contributed by atoms with Crippen LogP contribution in [0.5, 0.6) is 5.75 Å². The topological polar surface area (TPSA) is 85.2 Å². The van der Waals surface area contributed by atoms with E-state index in [0.29, 0.717) is 33.9 Å². The molecule has 1 unspecified atom stereocenters. The highest BCUT2D eigenvalue weighted by molar-refractivity contribution is 6.08. The first kappa shape index (κ1) is 20.4. The number of amides is 2. The van der Waals surface area contributed by atoms with Crippen LogP contribution in [0, 0.1) is 5.82 Å². The third-order valence-electron chi connectivity index (χ3n) is 5.27. The number of ether oxygens (including phenoxy) is 1. The van der Waals surface area contributed by atoms with Crippen molar-refractivity contribution in [3.8, 4) is 22.7 Å². The van der Waals surface area contributed by atoms with E-state index in [9.17, 15) is 14.0 Å².